The van der Waals surface area contributed by atoms with Gasteiger partial charge in [0, 0.05) is 25.9 Å². The number of nitrogens with zero attached hydrogens (tertiary/aromatic N) is 4. The molecule has 1 fully saturated rings. The summed E-state index contributed by atoms with van der Waals surface area (Å²) < 4.78 is 1.06. The molecule has 7 nitrogen and oxygen atoms in total. The molecule has 156 valence electrons. The predicted octanol–water partition coefficient (Wildman–Crippen LogP) is 2.74. The molecule has 1 aliphatic heterocycles. The normalized spacial score (nSPS) is 14.4. The van der Waals surface area contributed by atoms with Gasteiger partial charge in [0.1, 0.15) is 6.54 Å². The molecule has 0 saturated carbocycles. The van der Waals surface area contributed by atoms with Crippen molar-refractivity contribution in [3.63, 3.8) is 0 Å². The Labute approximate surface area is 175 Å². The molecule has 0 radical (unpaired) electrons. The maximum Gasteiger partial charge on any atom is 0.248 e. The first kappa shape index (κ1) is 21.4. The molecule has 1 aromatic heterocycles. The van der Waals surface area contributed by atoms with E-state index in [1.54, 1.807) is 4.90 Å². The summed E-state index contributed by atoms with van der Waals surface area (Å²) in [7, 11) is 0. The number of thiazole rings is 1. The fourth-order valence-corrected chi connectivity index (χ4v) is 4.67. The SMILES string of the molecule is CCN(CC)CCN(C(=O)CN1C(=O)CCC1=O)c1nc2cc(C)cc(C)c2s1. The van der Waals surface area contributed by atoms with E-state index in [2.05, 4.69) is 24.8 Å². The van der Waals surface area contributed by atoms with Crippen LogP contribution in [-0.4, -0.2) is 65.2 Å². The van der Waals surface area contributed by atoms with Crippen LogP contribution < -0.4 is 4.90 Å². The zero-order chi connectivity index (χ0) is 21.1. The quantitative estimate of drug-likeness (QED) is 0.619. The second-order valence-corrected chi connectivity index (χ2v) is 8.35. The summed E-state index contributed by atoms with van der Waals surface area (Å²) in [6.45, 7) is 11.0. The van der Waals surface area contributed by atoms with Crippen LogP contribution in [0.5, 0.6) is 0 Å². The van der Waals surface area contributed by atoms with E-state index in [1.165, 1.54) is 11.3 Å². The van der Waals surface area contributed by atoms with Crippen LogP contribution >= 0.6 is 11.3 Å². The van der Waals surface area contributed by atoms with Crippen molar-refractivity contribution < 1.29 is 14.4 Å². The second kappa shape index (κ2) is 9.00. The number of rotatable bonds is 8. The van der Waals surface area contributed by atoms with Crippen LogP contribution in [0.2, 0.25) is 0 Å². The molecule has 0 aliphatic carbocycles. The molecule has 0 N–H and O–H groups in total. The number of likely N-dealkylation sites (N-methyl/N-ethyl adjacent to an activating group) is 1. The molecule has 0 bridgehead atoms. The van der Waals surface area contributed by atoms with E-state index in [4.69, 9.17) is 4.98 Å². The molecular formula is C21H28N4O3S. The molecule has 0 unspecified atom stereocenters. The predicted molar refractivity (Wildman–Crippen MR) is 115 cm³/mol. The number of amides is 3. The summed E-state index contributed by atoms with van der Waals surface area (Å²) in [5, 5.41) is 0.616. The average molecular weight is 417 g/mol. The van der Waals surface area contributed by atoms with Crippen LogP contribution in [0.15, 0.2) is 12.1 Å². The van der Waals surface area contributed by atoms with Gasteiger partial charge in [-0.1, -0.05) is 31.3 Å². The Morgan fingerprint density at radius 2 is 1.76 bits per heavy atom. The van der Waals surface area contributed by atoms with E-state index in [-0.39, 0.29) is 37.1 Å². The molecule has 1 aromatic carbocycles. The molecule has 3 amide bonds. The number of hydrogen-bond acceptors (Lipinski definition) is 6. The van der Waals surface area contributed by atoms with Crippen molar-refractivity contribution in [1.82, 2.24) is 14.8 Å². The minimum Gasteiger partial charge on any atom is -0.302 e. The smallest absolute Gasteiger partial charge is 0.248 e. The number of anilines is 1. The highest BCUT2D eigenvalue weighted by Gasteiger charge is 2.32. The largest absolute Gasteiger partial charge is 0.302 e. The minimum absolute atomic E-state index is 0.186. The monoisotopic (exact) mass is 416 g/mol. The van der Waals surface area contributed by atoms with Crippen molar-refractivity contribution in [2.75, 3.05) is 37.6 Å². The number of carbonyl (C=O) groups is 3. The first-order valence-electron chi connectivity index (χ1n) is 10.1. The van der Waals surface area contributed by atoms with E-state index in [0.29, 0.717) is 18.2 Å². The standard InChI is InChI=1S/C21H28N4O3S/c1-5-23(6-2)9-10-24(19(28)13-25-17(26)7-8-18(25)27)21-22-16-12-14(3)11-15(4)20(16)29-21/h11-12H,5-10,13H2,1-4H3. The van der Waals surface area contributed by atoms with Crippen molar-refractivity contribution in [2.45, 2.75) is 40.5 Å². The maximum absolute atomic E-state index is 13.1. The first-order chi connectivity index (χ1) is 13.8. The van der Waals surface area contributed by atoms with Crippen molar-refractivity contribution in [3.8, 4) is 0 Å². The Hall–Kier alpha value is -2.32. The van der Waals surface area contributed by atoms with Gasteiger partial charge in [0.05, 0.1) is 10.2 Å². The molecule has 2 heterocycles. The fraction of sp³-hybridized carbons (Fsp3) is 0.524. The summed E-state index contributed by atoms with van der Waals surface area (Å²) >= 11 is 1.48. The van der Waals surface area contributed by atoms with Gasteiger partial charge in [0.15, 0.2) is 5.13 Å². The van der Waals surface area contributed by atoms with E-state index >= 15 is 0 Å². The van der Waals surface area contributed by atoms with Crippen molar-refractivity contribution in [2.24, 2.45) is 0 Å². The van der Waals surface area contributed by atoms with Gasteiger partial charge < -0.3 is 4.90 Å². The van der Waals surface area contributed by atoms with Crippen LogP contribution in [0.4, 0.5) is 5.13 Å². The van der Waals surface area contributed by atoms with Gasteiger partial charge in [-0.2, -0.15) is 0 Å². The van der Waals surface area contributed by atoms with Gasteiger partial charge in [-0.25, -0.2) is 4.98 Å². The third-order valence-corrected chi connectivity index (χ3v) is 6.55. The third-order valence-electron chi connectivity index (χ3n) is 5.32. The van der Waals surface area contributed by atoms with Crippen LogP contribution in [0.3, 0.4) is 0 Å². The average Bonchev–Trinajstić information content (AvgIpc) is 3.23. The number of hydrogen-bond donors (Lipinski definition) is 0. The second-order valence-electron chi connectivity index (χ2n) is 7.37. The highest BCUT2D eigenvalue weighted by Crippen LogP contribution is 2.32. The van der Waals surface area contributed by atoms with Crippen LogP contribution in [-0.2, 0) is 14.4 Å². The topological polar surface area (TPSA) is 73.8 Å². The molecule has 1 aliphatic rings. The highest BCUT2D eigenvalue weighted by molar-refractivity contribution is 7.22. The molecule has 0 atom stereocenters. The Morgan fingerprint density at radius 1 is 1.10 bits per heavy atom. The van der Waals surface area contributed by atoms with Gasteiger partial charge in [-0.15, -0.1) is 0 Å². The molecule has 1 saturated heterocycles. The van der Waals surface area contributed by atoms with Crippen molar-refractivity contribution in [3.05, 3.63) is 23.3 Å². The van der Waals surface area contributed by atoms with Crippen molar-refractivity contribution in [1.29, 1.82) is 0 Å². The van der Waals surface area contributed by atoms with Crippen molar-refractivity contribution >= 4 is 44.4 Å². The minimum atomic E-state index is -0.275. The third kappa shape index (κ3) is 4.64. The van der Waals surface area contributed by atoms with E-state index < -0.39 is 0 Å². The number of imide groups is 1. The Morgan fingerprint density at radius 3 is 2.38 bits per heavy atom. The number of carbonyl (C=O) groups excluding carboxylic acids is 3. The first-order valence-corrected chi connectivity index (χ1v) is 10.9. The van der Waals surface area contributed by atoms with Crippen LogP contribution in [0, 0.1) is 13.8 Å². The number of benzene rings is 1. The van der Waals surface area contributed by atoms with Gasteiger partial charge in [0.25, 0.3) is 0 Å². The van der Waals surface area contributed by atoms with Crippen LogP contribution in [0.25, 0.3) is 10.2 Å². The summed E-state index contributed by atoms with van der Waals surface area (Å²) in [6, 6.07) is 4.12. The summed E-state index contributed by atoms with van der Waals surface area (Å²) in [5.41, 5.74) is 3.13. The zero-order valence-electron chi connectivity index (χ0n) is 17.5. The maximum atomic E-state index is 13.1. The van der Waals surface area contributed by atoms with Crippen LogP contribution in [0.1, 0.15) is 37.8 Å². The summed E-state index contributed by atoms with van der Waals surface area (Å²) in [6.07, 6.45) is 0.371. The Bertz CT molecular complexity index is 919. The number of likely N-dealkylation sites (tertiary alicyclic amines) is 1. The molecule has 2 aromatic rings. The Balaban J connectivity index is 1.90. The van der Waals surface area contributed by atoms with Gasteiger partial charge in [0.2, 0.25) is 17.7 Å². The van der Waals surface area contributed by atoms with E-state index in [1.807, 2.05) is 19.9 Å². The lowest BCUT2D eigenvalue weighted by Crippen LogP contribution is -2.45. The van der Waals surface area contributed by atoms with E-state index in [0.717, 1.165) is 39.3 Å². The highest BCUT2D eigenvalue weighted by atomic mass is 32.1. The fourth-order valence-electron chi connectivity index (χ4n) is 3.61. The molecular weight excluding hydrogens is 388 g/mol. The number of aromatic nitrogens is 1. The lowest BCUT2D eigenvalue weighted by atomic mass is 10.1. The van der Waals surface area contributed by atoms with E-state index in [9.17, 15) is 14.4 Å². The number of aryl methyl sites for hydroxylation is 2. The van der Waals surface area contributed by atoms with Gasteiger partial charge >= 0.3 is 0 Å². The summed E-state index contributed by atoms with van der Waals surface area (Å²) in [5.74, 6) is -0.820. The lowest BCUT2D eigenvalue weighted by Gasteiger charge is -2.26. The number of fused-ring (bicyclic) bond motifs is 1. The summed E-state index contributed by atoms with van der Waals surface area (Å²) in [4.78, 5) is 46.7. The zero-order valence-corrected chi connectivity index (χ0v) is 18.3. The van der Waals surface area contributed by atoms with Gasteiger partial charge in [-0.05, 0) is 44.1 Å². The molecule has 3 rings (SSSR count). The molecule has 8 heteroatoms. The Kier molecular flexibility index (Phi) is 6.64. The molecule has 0 spiro atoms. The molecule has 29 heavy (non-hydrogen) atoms. The lowest BCUT2D eigenvalue weighted by molar-refractivity contribution is -0.141. The van der Waals surface area contributed by atoms with Gasteiger partial charge in [-0.3, -0.25) is 24.2 Å².